The molecule has 1 aliphatic heterocycles. The van der Waals surface area contributed by atoms with E-state index in [2.05, 4.69) is 5.32 Å². The Bertz CT molecular complexity index is 347. The molecule has 1 fully saturated rings. The molecule has 1 aliphatic rings. The van der Waals surface area contributed by atoms with Crippen molar-refractivity contribution in [2.45, 2.75) is 36.1 Å². The second-order valence-corrected chi connectivity index (χ2v) is 6.35. The van der Waals surface area contributed by atoms with Gasteiger partial charge in [0, 0.05) is 6.61 Å². The lowest BCUT2D eigenvalue weighted by Crippen LogP contribution is -2.41. The third-order valence-corrected chi connectivity index (χ3v) is 4.88. The van der Waals surface area contributed by atoms with Gasteiger partial charge in [-0.05, 0) is 31.2 Å². The van der Waals surface area contributed by atoms with Gasteiger partial charge >= 0.3 is 0 Å². The van der Waals surface area contributed by atoms with Crippen LogP contribution in [0.5, 0.6) is 0 Å². The maximum absolute atomic E-state index is 11.7. The van der Waals surface area contributed by atoms with Gasteiger partial charge < -0.3 is 10.1 Å². The molecule has 0 spiro atoms. The van der Waals surface area contributed by atoms with Crippen LogP contribution in [0.1, 0.15) is 19.8 Å². The molecule has 94 valence electrons. The van der Waals surface area contributed by atoms with Gasteiger partial charge in [0.15, 0.2) is 0 Å². The van der Waals surface area contributed by atoms with Crippen molar-refractivity contribution in [1.82, 2.24) is 5.32 Å². The number of thioether (sulfide) groups is 1. The van der Waals surface area contributed by atoms with E-state index in [0.29, 0.717) is 5.75 Å². The molecule has 1 amide bonds. The van der Waals surface area contributed by atoms with Gasteiger partial charge in [-0.2, -0.15) is 0 Å². The number of rotatable bonds is 5. The quantitative estimate of drug-likeness (QED) is 0.836. The van der Waals surface area contributed by atoms with Gasteiger partial charge in [-0.15, -0.1) is 23.1 Å². The molecular formula is C12H17NO2S2. The average Bonchev–Trinajstić information content (AvgIpc) is 2.99. The van der Waals surface area contributed by atoms with E-state index in [4.69, 9.17) is 4.74 Å². The summed E-state index contributed by atoms with van der Waals surface area (Å²) in [6.07, 6.45) is 2.36. The van der Waals surface area contributed by atoms with Crippen molar-refractivity contribution in [3.63, 3.8) is 0 Å². The van der Waals surface area contributed by atoms with Gasteiger partial charge in [0.05, 0.1) is 22.1 Å². The lowest BCUT2D eigenvalue weighted by molar-refractivity contribution is -0.120. The van der Waals surface area contributed by atoms with E-state index in [0.717, 1.165) is 19.4 Å². The number of ether oxygens (including phenoxy) is 1. The minimum atomic E-state index is 0.0893. The lowest BCUT2D eigenvalue weighted by Gasteiger charge is -2.19. The highest BCUT2D eigenvalue weighted by molar-refractivity contribution is 8.01. The Morgan fingerprint density at radius 2 is 2.65 bits per heavy atom. The molecule has 1 saturated heterocycles. The van der Waals surface area contributed by atoms with Crippen LogP contribution in [0.15, 0.2) is 21.7 Å². The maximum atomic E-state index is 11.7. The summed E-state index contributed by atoms with van der Waals surface area (Å²) in [6.45, 7) is 2.85. The van der Waals surface area contributed by atoms with Crippen LogP contribution in [0.2, 0.25) is 0 Å². The number of amides is 1. The summed E-state index contributed by atoms with van der Waals surface area (Å²) >= 11 is 3.25. The zero-order chi connectivity index (χ0) is 12.1. The molecule has 0 saturated carbocycles. The lowest BCUT2D eigenvalue weighted by atomic mass is 10.1. The fraction of sp³-hybridized carbons (Fsp3) is 0.583. The Balaban J connectivity index is 1.69. The first kappa shape index (κ1) is 12.9. The minimum absolute atomic E-state index is 0.0893. The van der Waals surface area contributed by atoms with E-state index in [1.807, 2.05) is 24.4 Å². The molecule has 3 nitrogen and oxygen atoms in total. The van der Waals surface area contributed by atoms with Crippen LogP contribution < -0.4 is 5.32 Å². The van der Waals surface area contributed by atoms with Crippen LogP contribution in [-0.2, 0) is 9.53 Å². The summed E-state index contributed by atoms with van der Waals surface area (Å²) in [6, 6.07) is 4.15. The van der Waals surface area contributed by atoms with Crippen molar-refractivity contribution in [3.05, 3.63) is 17.5 Å². The van der Waals surface area contributed by atoms with Gasteiger partial charge in [-0.3, -0.25) is 4.79 Å². The Labute approximate surface area is 110 Å². The van der Waals surface area contributed by atoms with Crippen LogP contribution in [0.3, 0.4) is 0 Å². The average molecular weight is 271 g/mol. The molecule has 0 aliphatic carbocycles. The molecule has 5 heteroatoms. The zero-order valence-corrected chi connectivity index (χ0v) is 11.5. The summed E-state index contributed by atoms with van der Waals surface area (Å²) in [5.74, 6) is 0.573. The normalized spacial score (nSPS) is 21.4. The Morgan fingerprint density at radius 1 is 1.76 bits per heavy atom. The topological polar surface area (TPSA) is 38.3 Å². The highest BCUT2D eigenvalue weighted by Gasteiger charge is 2.23. The monoisotopic (exact) mass is 271 g/mol. The van der Waals surface area contributed by atoms with Gasteiger partial charge in [-0.1, -0.05) is 6.07 Å². The largest absolute Gasteiger partial charge is 0.376 e. The molecule has 1 aromatic heterocycles. The summed E-state index contributed by atoms with van der Waals surface area (Å²) in [4.78, 5) is 11.7. The number of carbonyl (C=O) groups excluding carboxylic acids is 1. The van der Waals surface area contributed by atoms with Crippen molar-refractivity contribution in [3.8, 4) is 0 Å². The summed E-state index contributed by atoms with van der Waals surface area (Å²) in [5, 5.41) is 5.03. The Kier molecular flexibility index (Phi) is 4.88. The first-order valence-electron chi connectivity index (χ1n) is 5.83. The van der Waals surface area contributed by atoms with E-state index >= 15 is 0 Å². The van der Waals surface area contributed by atoms with Gasteiger partial charge in [0.1, 0.15) is 0 Å². The van der Waals surface area contributed by atoms with Crippen LogP contribution >= 0.6 is 23.1 Å². The first-order chi connectivity index (χ1) is 8.25. The summed E-state index contributed by atoms with van der Waals surface area (Å²) in [5.41, 5.74) is 0. The number of carbonyl (C=O) groups is 1. The van der Waals surface area contributed by atoms with Gasteiger partial charge in [0.25, 0.3) is 0 Å². The molecule has 2 heterocycles. The molecule has 1 N–H and O–H groups in total. The summed E-state index contributed by atoms with van der Waals surface area (Å²) < 4.78 is 6.73. The predicted octanol–water partition coefficient (Wildman–Crippen LogP) is 2.52. The molecule has 0 radical (unpaired) electrons. The predicted molar refractivity (Wildman–Crippen MR) is 71.6 cm³/mol. The Morgan fingerprint density at radius 3 is 3.29 bits per heavy atom. The van der Waals surface area contributed by atoms with Crippen LogP contribution in [-0.4, -0.2) is 30.4 Å². The SMILES string of the molecule is CC(NC(=O)CSc1cccs1)C1CCCO1. The minimum Gasteiger partial charge on any atom is -0.376 e. The van der Waals surface area contributed by atoms with Crippen molar-refractivity contribution >= 4 is 29.0 Å². The fourth-order valence-electron chi connectivity index (χ4n) is 1.87. The van der Waals surface area contributed by atoms with Crippen LogP contribution in [0, 0.1) is 0 Å². The number of hydrogen-bond acceptors (Lipinski definition) is 4. The second kappa shape index (κ2) is 6.42. The number of thiophene rings is 1. The van der Waals surface area contributed by atoms with E-state index in [-0.39, 0.29) is 18.1 Å². The molecule has 2 unspecified atom stereocenters. The molecule has 17 heavy (non-hydrogen) atoms. The maximum Gasteiger partial charge on any atom is 0.230 e. The molecular weight excluding hydrogens is 254 g/mol. The highest BCUT2D eigenvalue weighted by atomic mass is 32.2. The molecule has 2 atom stereocenters. The number of hydrogen-bond donors (Lipinski definition) is 1. The van der Waals surface area contributed by atoms with E-state index in [1.54, 1.807) is 23.1 Å². The third-order valence-electron chi connectivity index (χ3n) is 2.75. The van der Waals surface area contributed by atoms with Gasteiger partial charge in [0.2, 0.25) is 5.91 Å². The van der Waals surface area contributed by atoms with Crippen molar-refractivity contribution in [2.75, 3.05) is 12.4 Å². The second-order valence-electron chi connectivity index (χ2n) is 4.13. The van der Waals surface area contributed by atoms with E-state index in [9.17, 15) is 4.79 Å². The molecule has 1 aromatic rings. The molecule has 0 bridgehead atoms. The molecule has 2 rings (SSSR count). The van der Waals surface area contributed by atoms with Crippen molar-refractivity contribution < 1.29 is 9.53 Å². The number of nitrogens with one attached hydrogen (secondary N) is 1. The van der Waals surface area contributed by atoms with E-state index in [1.165, 1.54) is 4.21 Å². The smallest absolute Gasteiger partial charge is 0.230 e. The van der Waals surface area contributed by atoms with Gasteiger partial charge in [-0.25, -0.2) is 0 Å². The van der Waals surface area contributed by atoms with Crippen LogP contribution in [0.4, 0.5) is 0 Å². The third kappa shape index (κ3) is 4.01. The zero-order valence-electron chi connectivity index (χ0n) is 9.85. The van der Waals surface area contributed by atoms with Crippen LogP contribution in [0.25, 0.3) is 0 Å². The molecule has 0 aromatic carbocycles. The highest BCUT2D eigenvalue weighted by Crippen LogP contribution is 2.23. The fourth-order valence-corrected chi connectivity index (χ4v) is 3.46. The standard InChI is InChI=1S/C12H17NO2S2/c1-9(10-4-2-6-15-10)13-11(14)8-17-12-5-3-7-16-12/h3,5,7,9-10H,2,4,6,8H2,1H3,(H,13,14). The summed E-state index contributed by atoms with van der Waals surface area (Å²) in [7, 11) is 0. The first-order valence-corrected chi connectivity index (χ1v) is 7.69. The van der Waals surface area contributed by atoms with Crippen molar-refractivity contribution in [2.24, 2.45) is 0 Å². The van der Waals surface area contributed by atoms with E-state index < -0.39 is 0 Å². The van der Waals surface area contributed by atoms with Crippen molar-refractivity contribution in [1.29, 1.82) is 0 Å². The Hall–Kier alpha value is -0.520.